The van der Waals surface area contributed by atoms with Crippen LogP contribution < -0.4 is 5.32 Å². The van der Waals surface area contributed by atoms with Gasteiger partial charge in [0.15, 0.2) is 5.96 Å². The second-order valence-electron chi connectivity index (χ2n) is 7.50. The third kappa shape index (κ3) is 7.13. The highest BCUT2D eigenvalue weighted by atomic mass is 127. The van der Waals surface area contributed by atoms with Gasteiger partial charge < -0.3 is 20.2 Å². The maximum absolute atomic E-state index is 9.53. The fraction of sp³-hybridized carbons (Fsp3) is 0.941. The third-order valence-electron chi connectivity index (χ3n) is 4.76. The molecule has 2 N–H and O–H groups in total. The van der Waals surface area contributed by atoms with Crippen molar-refractivity contribution in [3.63, 3.8) is 0 Å². The van der Waals surface area contributed by atoms with Crippen molar-refractivity contribution in [2.75, 3.05) is 45.8 Å². The molecule has 2 heterocycles. The molecule has 2 aliphatic heterocycles. The summed E-state index contributed by atoms with van der Waals surface area (Å²) < 4.78 is 0. The molecule has 0 atom stereocenters. The molecule has 0 aromatic rings. The number of aliphatic hydroxyl groups excluding tert-OH is 1. The van der Waals surface area contributed by atoms with Crippen molar-refractivity contribution in [1.29, 1.82) is 0 Å². The van der Waals surface area contributed by atoms with Crippen LogP contribution in [0, 0.1) is 5.41 Å². The quantitative estimate of drug-likeness (QED) is 0.299. The number of piperidine rings is 1. The number of hydrogen-bond acceptors (Lipinski definition) is 3. The van der Waals surface area contributed by atoms with Crippen molar-refractivity contribution >= 4 is 29.9 Å². The number of nitrogens with one attached hydrogen (secondary N) is 1. The van der Waals surface area contributed by atoms with Gasteiger partial charge in [0.25, 0.3) is 0 Å². The van der Waals surface area contributed by atoms with Crippen LogP contribution in [-0.4, -0.2) is 72.8 Å². The van der Waals surface area contributed by atoms with Crippen LogP contribution >= 0.6 is 24.0 Å². The summed E-state index contributed by atoms with van der Waals surface area (Å²) in [6.45, 7) is 14.0. The van der Waals surface area contributed by atoms with E-state index in [1.54, 1.807) is 0 Å². The van der Waals surface area contributed by atoms with E-state index in [-0.39, 0.29) is 30.1 Å². The zero-order chi connectivity index (χ0) is 16.0. The molecule has 2 fully saturated rings. The van der Waals surface area contributed by atoms with Gasteiger partial charge in [-0.15, -0.1) is 24.0 Å². The standard InChI is InChI=1S/C17H34N4O.HI/c1-4-18-16(21-13-8-17(2,3)14-21)19-9-5-10-20-11-6-15(22)7-12-20;/h15,22H,4-14H2,1-3H3,(H,18,19);1H. The predicted octanol–water partition coefficient (Wildman–Crippen LogP) is 2.15. The first-order valence-corrected chi connectivity index (χ1v) is 8.94. The van der Waals surface area contributed by atoms with Gasteiger partial charge in [0.05, 0.1) is 6.10 Å². The van der Waals surface area contributed by atoms with Crippen LogP contribution in [0.4, 0.5) is 0 Å². The van der Waals surface area contributed by atoms with E-state index in [4.69, 9.17) is 4.99 Å². The summed E-state index contributed by atoms with van der Waals surface area (Å²) in [7, 11) is 0. The number of hydrogen-bond donors (Lipinski definition) is 2. The average Bonchev–Trinajstić information content (AvgIpc) is 2.84. The highest BCUT2D eigenvalue weighted by Gasteiger charge is 2.30. The van der Waals surface area contributed by atoms with E-state index in [9.17, 15) is 5.11 Å². The van der Waals surface area contributed by atoms with Crippen LogP contribution in [0.15, 0.2) is 4.99 Å². The summed E-state index contributed by atoms with van der Waals surface area (Å²) in [6.07, 6.45) is 4.12. The zero-order valence-electron chi connectivity index (χ0n) is 15.1. The second kappa shape index (κ2) is 10.0. The van der Waals surface area contributed by atoms with Crippen LogP contribution in [0.1, 0.15) is 46.5 Å². The maximum Gasteiger partial charge on any atom is 0.193 e. The molecule has 2 rings (SSSR count). The number of likely N-dealkylation sites (tertiary alicyclic amines) is 2. The van der Waals surface area contributed by atoms with Crippen molar-refractivity contribution in [2.24, 2.45) is 10.4 Å². The van der Waals surface area contributed by atoms with Crippen molar-refractivity contribution in [3.8, 4) is 0 Å². The first kappa shape index (κ1) is 21.0. The Hall–Kier alpha value is -0.0800. The van der Waals surface area contributed by atoms with E-state index in [1.807, 2.05) is 0 Å². The third-order valence-corrected chi connectivity index (χ3v) is 4.76. The first-order chi connectivity index (χ1) is 10.5. The van der Waals surface area contributed by atoms with Crippen LogP contribution in [0.5, 0.6) is 0 Å². The van der Waals surface area contributed by atoms with Gasteiger partial charge >= 0.3 is 0 Å². The Labute approximate surface area is 158 Å². The summed E-state index contributed by atoms with van der Waals surface area (Å²) in [6, 6.07) is 0. The van der Waals surface area contributed by atoms with Gasteiger partial charge in [-0.3, -0.25) is 4.99 Å². The first-order valence-electron chi connectivity index (χ1n) is 8.94. The number of guanidine groups is 1. The molecule has 6 heteroatoms. The highest BCUT2D eigenvalue weighted by Crippen LogP contribution is 2.28. The minimum Gasteiger partial charge on any atom is -0.393 e. The summed E-state index contributed by atoms with van der Waals surface area (Å²) in [5.41, 5.74) is 0.408. The van der Waals surface area contributed by atoms with E-state index in [1.165, 1.54) is 6.42 Å². The van der Waals surface area contributed by atoms with Gasteiger partial charge in [0.2, 0.25) is 0 Å². The van der Waals surface area contributed by atoms with Gasteiger partial charge in [-0.1, -0.05) is 13.8 Å². The Morgan fingerprint density at radius 1 is 1.26 bits per heavy atom. The molecule has 0 aromatic heterocycles. The van der Waals surface area contributed by atoms with E-state index < -0.39 is 0 Å². The lowest BCUT2D eigenvalue weighted by Crippen LogP contribution is -2.41. The fourth-order valence-corrected chi connectivity index (χ4v) is 3.34. The average molecular weight is 438 g/mol. The molecule has 0 spiro atoms. The molecule has 0 amide bonds. The molecule has 0 unspecified atom stereocenters. The minimum absolute atomic E-state index is 0. The molecule has 23 heavy (non-hydrogen) atoms. The molecular formula is C17H35IN4O. The normalized spacial score (nSPS) is 23.0. The van der Waals surface area contributed by atoms with Gasteiger partial charge in [-0.05, 0) is 44.6 Å². The zero-order valence-corrected chi connectivity index (χ0v) is 17.4. The van der Waals surface area contributed by atoms with E-state index in [0.717, 1.165) is 71.0 Å². The Morgan fingerprint density at radius 3 is 2.52 bits per heavy atom. The Morgan fingerprint density at radius 2 is 1.96 bits per heavy atom. The molecule has 0 aliphatic carbocycles. The number of aliphatic imine (C=N–C) groups is 1. The molecule has 0 saturated carbocycles. The van der Waals surface area contributed by atoms with Gasteiger partial charge in [0.1, 0.15) is 0 Å². The highest BCUT2D eigenvalue weighted by molar-refractivity contribution is 14.0. The monoisotopic (exact) mass is 438 g/mol. The molecule has 0 bridgehead atoms. The number of nitrogens with zero attached hydrogens (tertiary/aromatic N) is 3. The van der Waals surface area contributed by atoms with Gasteiger partial charge in [0, 0.05) is 39.3 Å². The van der Waals surface area contributed by atoms with Crippen molar-refractivity contribution in [3.05, 3.63) is 0 Å². The number of halogens is 1. The number of aliphatic hydroxyl groups is 1. The lowest BCUT2D eigenvalue weighted by atomic mass is 9.93. The maximum atomic E-state index is 9.53. The van der Waals surface area contributed by atoms with E-state index >= 15 is 0 Å². The van der Waals surface area contributed by atoms with Crippen LogP contribution in [0.25, 0.3) is 0 Å². The molecule has 2 saturated heterocycles. The van der Waals surface area contributed by atoms with Crippen LogP contribution in [0.2, 0.25) is 0 Å². The van der Waals surface area contributed by atoms with Crippen LogP contribution in [-0.2, 0) is 0 Å². The van der Waals surface area contributed by atoms with Gasteiger partial charge in [-0.2, -0.15) is 0 Å². The minimum atomic E-state index is -0.0758. The largest absolute Gasteiger partial charge is 0.393 e. The molecular weight excluding hydrogens is 403 g/mol. The SMILES string of the molecule is CCNC(=NCCCN1CCC(O)CC1)N1CCC(C)(C)C1.I. The summed E-state index contributed by atoms with van der Waals surface area (Å²) >= 11 is 0. The van der Waals surface area contributed by atoms with E-state index in [2.05, 4.69) is 35.9 Å². The Kier molecular flexibility index (Phi) is 9.15. The summed E-state index contributed by atoms with van der Waals surface area (Å²) in [4.78, 5) is 9.67. The fourth-order valence-electron chi connectivity index (χ4n) is 3.34. The van der Waals surface area contributed by atoms with Crippen molar-refractivity contribution in [2.45, 2.75) is 52.6 Å². The molecule has 0 radical (unpaired) electrons. The summed E-state index contributed by atoms with van der Waals surface area (Å²) in [5, 5.41) is 13.0. The lowest BCUT2D eigenvalue weighted by Gasteiger charge is -2.29. The Bertz CT molecular complexity index is 368. The smallest absolute Gasteiger partial charge is 0.193 e. The van der Waals surface area contributed by atoms with Crippen molar-refractivity contribution in [1.82, 2.24) is 15.1 Å². The lowest BCUT2D eigenvalue weighted by molar-refractivity contribution is 0.0824. The topological polar surface area (TPSA) is 51.1 Å². The van der Waals surface area contributed by atoms with Gasteiger partial charge in [-0.25, -0.2) is 0 Å². The predicted molar refractivity (Wildman–Crippen MR) is 108 cm³/mol. The Balaban J connectivity index is 0.00000264. The molecule has 5 nitrogen and oxygen atoms in total. The number of rotatable bonds is 5. The summed E-state index contributed by atoms with van der Waals surface area (Å²) in [5.74, 6) is 1.09. The van der Waals surface area contributed by atoms with Crippen LogP contribution in [0.3, 0.4) is 0 Å². The second-order valence-corrected chi connectivity index (χ2v) is 7.50. The van der Waals surface area contributed by atoms with E-state index in [0.29, 0.717) is 5.41 Å². The molecule has 2 aliphatic rings. The van der Waals surface area contributed by atoms with Crippen molar-refractivity contribution < 1.29 is 5.11 Å². The molecule has 0 aromatic carbocycles. The molecule has 136 valence electrons.